The van der Waals surface area contributed by atoms with Gasteiger partial charge in [0.1, 0.15) is 0 Å². The Labute approximate surface area is 127 Å². The van der Waals surface area contributed by atoms with Crippen LogP contribution in [0.15, 0.2) is 42.5 Å². The van der Waals surface area contributed by atoms with Gasteiger partial charge in [-0.1, -0.05) is 41.9 Å². The van der Waals surface area contributed by atoms with E-state index >= 15 is 0 Å². The molecule has 1 heterocycles. The first-order chi connectivity index (χ1) is 9.72. The Hall–Kier alpha value is -1.52. The van der Waals surface area contributed by atoms with E-state index in [1.165, 1.54) is 16.9 Å². The fraction of sp³-hybridized carbons (Fsp3) is 0.267. The lowest BCUT2D eigenvalue weighted by Gasteiger charge is -2.06. The summed E-state index contributed by atoms with van der Waals surface area (Å²) in [5.74, 6) is 0.457. The third-order valence-corrected chi connectivity index (χ3v) is 4.62. The molecule has 1 aliphatic carbocycles. The van der Waals surface area contributed by atoms with E-state index in [0.717, 1.165) is 15.6 Å². The number of amides is 2. The number of hydrogen-bond acceptors (Lipinski definition) is 2. The van der Waals surface area contributed by atoms with Crippen LogP contribution in [0.1, 0.15) is 22.8 Å². The maximum absolute atomic E-state index is 11.8. The Morgan fingerprint density at radius 2 is 2.05 bits per heavy atom. The number of urea groups is 1. The van der Waals surface area contributed by atoms with Crippen LogP contribution in [-0.2, 0) is 6.54 Å². The molecule has 1 saturated carbocycles. The fourth-order valence-corrected chi connectivity index (χ4v) is 3.28. The summed E-state index contributed by atoms with van der Waals surface area (Å²) in [5.41, 5.74) is 1.29. The Morgan fingerprint density at radius 1 is 1.25 bits per heavy atom. The van der Waals surface area contributed by atoms with E-state index in [4.69, 9.17) is 11.6 Å². The molecular weight excluding hydrogens is 292 g/mol. The van der Waals surface area contributed by atoms with Gasteiger partial charge in [0, 0.05) is 16.8 Å². The van der Waals surface area contributed by atoms with Gasteiger partial charge < -0.3 is 10.6 Å². The first kappa shape index (κ1) is 13.5. The van der Waals surface area contributed by atoms with E-state index in [0.29, 0.717) is 12.5 Å². The van der Waals surface area contributed by atoms with Crippen LogP contribution in [0.4, 0.5) is 4.79 Å². The van der Waals surface area contributed by atoms with Crippen molar-refractivity contribution in [1.82, 2.24) is 10.6 Å². The third kappa shape index (κ3) is 3.32. The lowest BCUT2D eigenvalue weighted by molar-refractivity contribution is 0.240. The molecule has 0 bridgehead atoms. The van der Waals surface area contributed by atoms with Crippen molar-refractivity contribution >= 4 is 29.0 Å². The van der Waals surface area contributed by atoms with Gasteiger partial charge in [-0.3, -0.25) is 0 Å². The minimum absolute atomic E-state index is 0.113. The van der Waals surface area contributed by atoms with E-state index < -0.39 is 0 Å². The highest BCUT2D eigenvalue weighted by Gasteiger charge is 2.39. The Kier molecular flexibility index (Phi) is 3.94. The van der Waals surface area contributed by atoms with Gasteiger partial charge in [-0.05, 0) is 24.1 Å². The van der Waals surface area contributed by atoms with E-state index in [9.17, 15) is 4.79 Å². The number of benzene rings is 1. The van der Waals surface area contributed by atoms with Gasteiger partial charge in [-0.25, -0.2) is 4.79 Å². The number of carbonyl (C=O) groups excluding carboxylic acids is 1. The second-order valence-electron chi connectivity index (χ2n) is 4.89. The summed E-state index contributed by atoms with van der Waals surface area (Å²) in [7, 11) is 0. The van der Waals surface area contributed by atoms with Crippen LogP contribution in [0.3, 0.4) is 0 Å². The summed E-state index contributed by atoms with van der Waals surface area (Å²) in [6.07, 6.45) is 1.02. The molecule has 0 aliphatic heterocycles. The van der Waals surface area contributed by atoms with Crippen LogP contribution in [0.25, 0.3) is 0 Å². The maximum Gasteiger partial charge on any atom is 0.315 e. The Morgan fingerprint density at radius 3 is 2.75 bits per heavy atom. The average molecular weight is 307 g/mol. The predicted molar refractivity (Wildman–Crippen MR) is 82.3 cm³/mol. The number of thiophene rings is 1. The molecule has 104 valence electrons. The highest BCUT2D eigenvalue weighted by Crippen LogP contribution is 2.40. The zero-order valence-electron chi connectivity index (χ0n) is 10.8. The van der Waals surface area contributed by atoms with Crippen LogP contribution in [-0.4, -0.2) is 12.1 Å². The molecule has 2 aromatic rings. The summed E-state index contributed by atoms with van der Waals surface area (Å²) in [6, 6.07) is 14.2. The molecule has 0 spiro atoms. The van der Waals surface area contributed by atoms with Crippen LogP contribution in [0, 0.1) is 0 Å². The summed E-state index contributed by atoms with van der Waals surface area (Å²) >= 11 is 7.33. The van der Waals surface area contributed by atoms with E-state index in [1.807, 2.05) is 30.3 Å². The second-order valence-corrected chi connectivity index (χ2v) is 6.69. The van der Waals surface area contributed by atoms with Crippen molar-refractivity contribution in [2.45, 2.75) is 24.9 Å². The molecule has 0 radical (unpaired) electrons. The average Bonchev–Trinajstić information content (AvgIpc) is 3.09. The zero-order valence-corrected chi connectivity index (χ0v) is 12.4. The van der Waals surface area contributed by atoms with Crippen LogP contribution < -0.4 is 10.6 Å². The quantitative estimate of drug-likeness (QED) is 0.887. The molecular formula is C15H15ClN2OS. The smallest absolute Gasteiger partial charge is 0.315 e. The molecule has 1 aromatic heterocycles. The predicted octanol–water partition coefficient (Wildman–Crippen LogP) is 3.76. The molecule has 0 saturated heterocycles. The minimum Gasteiger partial charge on any atom is -0.335 e. The number of hydrogen-bond donors (Lipinski definition) is 2. The standard InChI is InChI=1S/C15H15ClN2OS/c16-14-7-6-11(20-14)9-17-15(19)18-13-8-12(13)10-4-2-1-3-5-10/h1-7,12-13H,8-9H2,(H2,17,18,19)/t12-,13-/m0/s1. The molecule has 3 rings (SSSR count). The van der Waals surface area contributed by atoms with Crippen molar-refractivity contribution in [1.29, 1.82) is 0 Å². The van der Waals surface area contributed by atoms with E-state index in [-0.39, 0.29) is 12.1 Å². The summed E-state index contributed by atoms with van der Waals surface area (Å²) in [6.45, 7) is 0.520. The molecule has 1 aliphatic rings. The van der Waals surface area contributed by atoms with Crippen molar-refractivity contribution in [3.8, 4) is 0 Å². The minimum atomic E-state index is -0.113. The summed E-state index contributed by atoms with van der Waals surface area (Å²) < 4.78 is 0.744. The molecule has 1 fully saturated rings. The molecule has 3 nitrogen and oxygen atoms in total. The van der Waals surface area contributed by atoms with Gasteiger partial charge in [0.05, 0.1) is 10.9 Å². The molecule has 20 heavy (non-hydrogen) atoms. The molecule has 1 aromatic carbocycles. The van der Waals surface area contributed by atoms with Crippen LogP contribution in [0.2, 0.25) is 4.34 Å². The van der Waals surface area contributed by atoms with Gasteiger partial charge in [0.15, 0.2) is 0 Å². The van der Waals surface area contributed by atoms with Crippen molar-refractivity contribution in [3.63, 3.8) is 0 Å². The SMILES string of the molecule is O=C(NCc1ccc(Cl)s1)N[C@H]1C[C@H]1c1ccccc1. The second kappa shape index (κ2) is 5.85. The van der Waals surface area contributed by atoms with Crippen molar-refractivity contribution in [2.24, 2.45) is 0 Å². The topological polar surface area (TPSA) is 41.1 Å². The molecule has 0 unspecified atom stereocenters. The fourth-order valence-electron chi connectivity index (χ4n) is 2.26. The summed E-state index contributed by atoms with van der Waals surface area (Å²) in [4.78, 5) is 12.9. The zero-order chi connectivity index (χ0) is 13.9. The molecule has 2 atom stereocenters. The first-order valence-electron chi connectivity index (χ1n) is 6.56. The number of nitrogens with one attached hydrogen (secondary N) is 2. The largest absolute Gasteiger partial charge is 0.335 e. The lowest BCUT2D eigenvalue weighted by Crippen LogP contribution is -2.36. The number of rotatable bonds is 4. The normalized spacial score (nSPS) is 20.4. The van der Waals surface area contributed by atoms with Crippen LogP contribution >= 0.6 is 22.9 Å². The molecule has 2 amide bonds. The van der Waals surface area contributed by atoms with Gasteiger partial charge in [-0.2, -0.15) is 0 Å². The van der Waals surface area contributed by atoms with Crippen molar-refractivity contribution in [3.05, 3.63) is 57.2 Å². The number of carbonyl (C=O) groups is 1. The Balaban J connectivity index is 1.44. The molecule has 5 heteroatoms. The highest BCUT2D eigenvalue weighted by molar-refractivity contribution is 7.16. The van der Waals surface area contributed by atoms with Gasteiger partial charge >= 0.3 is 6.03 Å². The monoisotopic (exact) mass is 306 g/mol. The van der Waals surface area contributed by atoms with Crippen LogP contribution in [0.5, 0.6) is 0 Å². The van der Waals surface area contributed by atoms with Gasteiger partial charge in [0.25, 0.3) is 0 Å². The van der Waals surface area contributed by atoms with Gasteiger partial charge in [0.2, 0.25) is 0 Å². The lowest BCUT2D eigenvalue weighted by atomic mass is 10.1. The highest BCUT2D eigenvalue weighted by atomic mass is 35.5. The number of halogens is 1. The molecule has 2 N–H and O–H groups in total. The maximum atomic E-state index is 11.8. The van der Waals surface area contributed by atoms with E-state index in [1.54, 1.807) is 0 Å². The van der Waals surface area contributed by atoms with E-state index in [2.05, 4.69) is 22.8 Å². The van der Waals surface area contributed by atoms with Crippen molar-refractivity contribution in [2.75, 3.05) is 0 Å². The van der Waals surface area contributed by atoms with Gasteiger partial charge in [-0.15, -0.1) is 11.3 Å². The Bertz CT molecular complexity index is 599. The third-order valence-electron chi connectivity index (χ3n) is 3.39. The van der Waals surface area contributed by atoms with Crippen molar-refractivity contribution < 1.29 is 4.79 Å². The first-order valence-corrected chi connectivity index (χ1v) is 7.75. The summed E-state index contributed by atoms with van der Waals surface area (Å²) in [5, 5.41) is 5.86.